The number of nitrogens with one attached hydrogen (secondary N) is 1. The quantitative estimate of drug-likeness (QED) is 0.343. The molecular formula is C23H23N5O4. The highest BCUT2D eigenvalue weighted by atomic mass is 16.5. The molecule has 9 nitrogen and oxygen atoms in total. The summed E-state index contributed by atoms with van der Waals surface area (Å²) in [7, 11) is 1.54. The van der Waals surface area contributed by atoms with Crippen molar-refractivity contribution in [3.63, 3.8) is 0 Å². The third kappa shape index (κ3) is 4.96. The first-order valence-electron chi connectivity index (χ1n) is 10.1. The van der Waals surface area contributed by atoms with Gasteiger partial charge in [-0.2, -0.15) is 4.98 Å². The van der Waals surface area contributed by atoms with E-state index in [1.165, 1.54) is 0 Å². The van der Waals surface area contributed by atoms with Crippen LogP contribution in [0.4, 0.5) is 0 Å². The Bertz CT molecular complexity index is 1130. The molecule has 0 amide bonds. The van der Waals surface area contributed by atoms with Crippen LogP contribution in [-0.4, -0.2) is 28.2 Å². The van der Waals surface area contributed by atoms with Gasteiger partial charge in [0, 0.05) is 16.2 Å². The maximum Gasteiger partial charge on any atom is 0.348 e. The van der Waals surface area contributed by atoms with E-state index < -0.39 is 11.5 Å². The summed E-state index contributed by atoms with van der Waals surface area (Å²) in [6.07, 6.45) is 2.67. The van der Waals surface area contributed by atoms with E-state index in [2.05, 4.69) is 20.0 Å². The predicted octanol–water partition coefficient (Wildman–Crippen LogP) is 3.98. The van der Waals surface area contributed by atoms with Crippen molar-refractivity contribution in [1.82, 2.24) is 9.97 Å². The molecule has 0 bridgehead atoms. The Labute approximate surface area is 184 Å². The number of ether oxygens (including phenoxy) is 1. The highest BCUT2D eigenvalue weighted by Crippen LogP contribution is 2.37. The first-order valence-corrected chi connectivity index (χ1v) is 10.1. The lowest BCUT2D eigenvalue weighted by Crippen LogP contribution is -2.28. The van der Waals surface area contributed by atoms with Gasteiger partial charge in [0.15, 0.2) is 0 Å². The van der Waals surface area contributed by atoms with Crippen LogP contribution < -0.4 is 10.4 Å². The predicted molar refractivity (Wildman–Crippen MR) is 118 cm³/mol. The number of hydrogen-bond acceptors (Lipinski definition) is 5. The van der Waals surface area contributed by atoms with Crippen LogP contribution in [0.15, 0.2) is 70.6 Å². The van der Waals surface area contributed by atoms with E-state index in [-0.39, 0.29) is 12.1 Å². The minimum absolute atomic E-state index is 0.301. The lowest BCUT2D eigenvalue weighted by Gasteiger charge is -2.28. The number of rotatable bonds is 6. The smallest absolute Gasteiger partial charge is 0.348 e. The summed E-state index contributed by atoms with van der Waals surface area (Å²) in [4.78, 5) is 31.5. The number of azide groups is 1. The van der Waals surface area contributed by atoms with Crippen molar-refractivity contribution in [2.75, 3.05) is 7.11 Å². The fourth-order valence-electron chi connectivity index (χ4n) is 3.85. The van der Waals surface area contributed by atoms with E-state index in [1.54, 1.807) is 55.6 Å². The van der Waals surface area contributed by atoms with E-state index in [0.717, 1.165) is 30.5 Å². The fourth-order valence-corrected chi connectivity index (χ4v) is 3.85. The molecule has 2 aromatic carbocycles. The summed E-state index contributed by atoms with van der Waals surface area (Å²) in [6, 6.07) is 17.9. The molecule has 32 heavy (non-hydrogen) atoms. The van der Waals surface area contributed by atoms with Crippen LogP contribution in [0.1, 0.15) is 35.2 Å². The van der Waals surface area contributed by atoms with Crippen LogP contribution in [0.2, 0.25) is 0 Å². The Kier molecular flexibility index (Phi) is 7.25. The number of carbonyl (C=O) groups is 1. The van der Waals surface area contributed by atoms with Gasteiger partial charge in [0.25, 0.3) is 0 Å². The molecule has 1 heterocycles. The number of nitrogens with zero attached hydrogens (tertiary/aromatic N) is 4. The molecule has 1 aliphatic rings. The Hall–Kier alpha value is -4.10. The SMILES string of the molecule is COc1nc(=O)[nH]c2c1CCC2.[N-]=[N+]=NC(CC(=O)O)(c1ccccc1)c1ccccc1. The maximum atomic E-state index is 11.3. The summed E-state index contributed by atoms with van der Waals surface area (Å²) >= 11 is 0. The number of H-pyrrole nitrogens is 1. The van der Waals surface area contributed by atoms with Gasteiger partial charge in [0.2, 0.25) is 5.88 Å². The average molecular weight is 433 g/mol. The lowest BCUT2D eigenvalue weighted by molar-refractivity contribution is -0.138. The van der Waals surface area contributed by atoms with Gasteiger partial charge in [-0.3, -0.25) is 4.79 Å². The van der Waals surface area contributed by atoms with Gasteiger partial charge in [-0.25, -0.2) is 4.79 Å². The Morgan fingerprint density at radius 1 is 1.16 bits per heavy atom. The van der Waals surface area contributed by atoms with Gasteiger partial charge in [-0.15, -0.1) is 0 Å². The molecule has 164 valence electrons. The van der Waals surface area contributed by atoms with Crippen LogP contribution in [0, 0.1) is 0 Å². The number of methoxy groups -OCH3 is 1. The number of fused-ring (bicyclic) bond motifs is 1. The van der Waals surface area contributed by atoms with E-state index in [4.69, 9.17) is 10.3 Å². The second-order valence-electron chi connectivity index (χ2n) is 7.21. The zero-order chi connectivity index (χ0) is 23.0. The first kappa shape index (κ1) is 22.6. The minimum atomic E-state index is -1.23. The molecule has 1 aliphatic carbocycles. The second-order valence-corrected chi connectivity index (χ2v) is 7.21. The highest BCUT2D eigenvalue weighted by molar-refractivity contribution is 5.70. The van der Waals surface area contributed by atoms with Crippen LogP contribution >= 0.6 is 0 Å². The van der Waals surface area contributed by atoms with Crippen molar-refractivity contribution in [3.8, 4) is 5.88 Å². The number of hydrogen-bond donors (Lipinski definition) is 2. The molecular weight excluding hydrogens is 410 g/mol. The second kappa shape index (κ2) is 10.3. The fraction of sp³-hybridized carbons (Fsp3) is 0.261. The van der Waals surface area contributed by atoms with Crippen LogP contribution in [-0.2, 0) is 23.2 Å². The normalized spacial score (nSPS) is 12.0. The van der Waals surface area contributed by atoms with Gasteiger partial charge >= 0.3 is 11.7 Å². The topological polar surface area (TPSA) is 141 Å². The lowest BCUT2D eigenvalue weighted by atomic mass is 9.81. The molecule has 1 aromatic heterocycles. The highest BCUT2D eigenvalue weighted by Gasteiger charge is 2.35. The average Bonchev–Trinajstić information content (AvgIpc) is 3.28. The molecule has 2 N–H and O–H groups in total. The van der Waals surface area contributed by atoms with E-state index >= 15 is 0 Å². The summed E-state index contributed by atoms with van der Waals surface area (Å²) in [6.45, 7) is 0. The number of aromatic amines is 1. The van der Waals surface area contributed by atoms with Crippen molar-refractivity contribution in [2.24, 2.45) is 5.11 Å². The largest absolute Gasteiger partial charge is 0.481 e. The molecule has 0 aliphatic heterocycles. The Balaban J connectivity index is 0.000000204. The molecule has 0 atom stereocenters. The number of aromatic nitrogens is 2. The van der Waals surface area contributed by atoms with E-state index in [0.29, 0.717) is 17.0 Å². The standard InChI is InChI=1S/C15H13N3O2.C8H10N2O2/c16-18-17-15(11-14(19)20,12-7-3-1-4-8-12)13-9-5-2-6-10-13;1-12-7-5-3-2-4-6(5)9-8(11)10-7/h1-10H,11H2,(H,19,20);2-4H2,1H3,(H,9,10,11). The van der Waals surface area contributed by atoms with Crippen LogP contribution in [0.25, 0.3) is 10.4 Å². The molecule has 0 saturated carbocycles. The van der Waals surface area contributed by atoms with Crippen molar-refractivity contribution in [2.45, 2.75) is 31.2 Å². The van der Waals surface area contributed by atoms with Gasteiger partial charge < -0.3 is 14.8 Å². The van der Waals surface area contributed by atoms with Crippen molar-refractivity contribution in [3.05, 3.63) is 104 Å². The van der Waals surface area contributed by atoms with E-state index in [1.807, 2.05) is 12.1 Å². The Morgan fingerprint density at radius 2 is 1.75 bits per heavy atom. The maximum absolute atomic E-state index is 11.3. The third-order valence-corrected chi connectivity index (χ3v) is 5.26. The molecule has 0 radical (unpaired) electrons. The Morgan fingerprint density at radius 3 is 2.25 bits per heavy atom. The van der Waals surface area contributed by atoms with Gasteiger partial charge in [-0.1, -0.05) is 65.8 Å². The van der Waals surface area contributed by atoms with Gasteiger partial charge in [0.1, 0.15) is 5.54 Å². The molecule has 9 heteroatoms. The molecule has 0 unspecified atom stereocenters. The van der Waals surface area contributed by atoms with Gasteiger partial charge in [0.05, 0.1) is 13.5 Å². The van der Waals surface area contributed by atoms with E-state index in [9.17, 15) is 14.7 Å². The molecule has 0 spiro atoms. The zero-order valence-electron chi connectivity index (χ0n) is 17.6. The van der Waals surface area contributed by atoms with Crippen LogP contribution in [0.3, 0.4) is 0 Å². The van der Waals surface area contributed by atoms with Crippen molar-refractivity contribution < 1.29 is 14.6 Å². The van der Waals surface area contributed by atoms with Gasteiger partial charge in [-0.05, 0) is 35.9 Å². The molecule has 3 aromatic rings. The van der Waals surface area contributed by atoms with Crippen molar-refractivity contribution >= 4 is 5.97 Å². The molecule has 0 saturated heterocycles. The van der Waals surface area contributed by atoms with Crippen LogP contribution in [0.5, 0.6) is 5.88 Å². The summed E-state index contributed by atoms with van der Waals surface area (Å²) < 4.78 is 5.01. The number of carboxylic acids is 1. The first-order chi connectivity index (χ1) is 15.5. The summed E-state index contributed by atoms with van der Waals surface area (Å²) in [5.74, 6) is -0.531. The number of benzene rings is 2. The number of aryl methyl sites for hydroxylation is 1. The monoisotopic (exact) mass is 433 g/mol. The zero-order valence-corrected chi connectivity index (χ0v) is 17.6. The molecule has 4 rings (SSSR count). The number of carboxylic acid groups (broad SMARTS) is 1. The molecule has 0 fully saturated rings. The number of aliphatic carboxylic acids is 1. The summed E-state index contributed by atoms with van der Waals surface area (Å²) in [5, 5.41) is 13.1. The third-order valence-electron chi connectivity index (χ3n) is 5.26. The summed E-state index contributed by atoms with van der Waals surface area (Å²) in [5.41, 5.74) is 10.7. The minimum Gasteiger partial charge on any atom is -0.481 e. The van der Waals surface area contributed by atoms with Crippen molar-refractivity contribution in [1.29, 1.82) is 0 Å².